The minimum absolute atomic E-state index is 0.378. The Morgan fingerprint density at radius 1 is 1.17 bits per heavy atom. The van der Waals surface area contributed by atoms with Crippen LogP contribution in [0, 0.1) is 12.8 Å². The predicted molar refractivity (Wildman–Crippen MR) is 37.0 cm³/mol. The van der Waals surface area contributed by atoms with Crippen molar-refractivity contribution in [2.24, 2.45) is 5.92 Å². The second-order valence-electron chi connectivity index (χ2n) is 2.65. The van der Waals surface area contributed by atoms with E-state index in [4.69, 9.17) is 0 Å². The Bertz CT molecular complexity index is 210. The lowest BCUT2D eigenvalue weighted by atomic mass is 9.94. The maximum Gasteiger partial charge on any atom is 0.429 e. The highest BCUT2D eigenvalue weighted by Gasteiger charge is 2.52. The molecule has 0 saturated carbocycles. The van der Waals surface area contributed by atoms with Gasteiger partial charge in [-0.05, 0) is 25.0 Å². The zero-order chi connectivity index (χ0) is 9.41. The number of hydrogen-bond acceptors (Lipinski definition) is 0. The van der Waals surface area contributed by atoms with Crippen LogP contribution in [0.2, 0.25) is 0 Å². The number of hydrogen-bond donors (Lipinski definition) is 0. The first-order chi connectivity index (χ1) is 5.35. The van der Waals surface area contributed by atoms with Crippen LogP contribution in [-0.2, 0) is 0 Å². The van der Waals surface area contributed by atoms with E-state index in [2.05, 4.69) is 6.92 Å². The monoisotopic (exact) mass is 179 g/mol. The highest BCUT2D eigenvalue weighted by molar-refractivity contribution is 5.25. The van der Waals surface area contributed by atoms with Gasteiger partial charge in [0.25, 0.3) is 0 Å². The zero-order valence-electron chi connectivity index (χ0n) is 6.11. The Morgan fingerprint density at radius 2 is 1.58 bits per heavy atom. The van der Waals surface area contributed by atoms with Crippen molar-refractivity contribution < 1.29 is 17.6 Å². The van der Waals surface area contributed by atoms with Crippen LogP contribution < -0.4 is 0 Å². The summed E-state index contributed by atoms with van der Waals surface area (Å²) < 4.78 is 48.8. The molecule has 0 nitrogen and oxygen atoms in total. The third-order valence-corrected chi connectivity index (χ3v) is 1.61. The lowest BCUT2D eigenvalue weighted by molar-refractivity contribution is -0.195. The molecule has 4 heteroatoms. The standard InChI is InChI=1S/C8H7F4/c1-6-2-4-7(9,5-3-6)8(10,11)12/h2-6H,1H2. The molecule has 0 spiro atoms. The van der Waals surface area contributed by atoms with Gasteiger partial charge in [-0.2, -0.15) is 13.2 Å². The molecule has 67 valence electrons. The molecular weight excluding hydrogens is 172 g/mol. The highest BCUT2D eigenvalue weighted by atomic mass is 19.4. The second-order valence-corrected chi connectivity index (χ2v) is 2.65. The maximum atomic E-state index is 12.9. The summed E-state index contributed by atoms with van der Waals surface area (Å²) in [6.07, 6.45) is -1.71. The van der Waals surface area contributed by atoms with E-state index in [0.29, 0.717) is 12.2 Å². The van der Waals surface area contributed by atoms with E-state index in [1.165, 1.54) is 0 Å². The lowest BCUT2D eigenvalue weighted by Crippen LogP contribution is -2.38. The average Bonchev–Trinajstić information content (AvgIpc) is 1.93. The molecular formula is C8H7F4. The van der Waals surface area contributed by atoms with Gasteiger partial charge in [0.15, 0.2) is 0 Å². The first-order valence-corrected chi connectivity index (χ1v) is 3.32. The van der Waals surface area contributed by atoms with E-state index >= 15 is 0 Å². The van der Waals surface area contributed by atoms with Gasteiger partial charge in [0.05, 0.1) is 0 Å². The fourth-order valence-electron chi connectivity index (χ4n) is 0.836. The lowest BCUT2D eigenvalue weighted by Gasteiger charge is -2.24. The molecule has 0 aliphatic heterocycles. The predicted octanol–water partition coefficient (Wildman–Crippen LogP) is 2.83. The SMILES string of the molecule is [CH2]C1C=CC(F)(C(F)(F)F)C=C1. The zero-order valence-corrected chi connectivity index (χ0v) is 6.11. The number of rotatable bonds is 0. The molecule has 0 saturated heterocycles. The van der Waals surface area contributed by atoms with Crippen molar-refractivity contribution in [1.29, 1.82) is 0 Å². The van der Waals surface area contributed by atoms with Crippen LogP contribution in [0.4, 0.5) is 17.6 Å². The minimum atomic E-state index is -4.87. The summed E-state index contributed by atoms with van der Waals surface area (Å²) in [5, 5.41) is 0. The molecule has 0 N–H and O–H groups in total. The van der Waals surface area contributed by atoms with Crippen LogP contribution in [-0.4, -0.2) is 11.8 Å². The van der Waals surface area contributed by atoms with Crippen molar-refractivity contribution in [2.75, 3.05) is 0 Å². The van der Waals surface area contributed by atoms with Crippen molar-refractivity contribution in [3.8, 4) is 0 Å². The van der Waals surface area contributed by atoms with Gasteiger partial charge in [0, 0.05) is 0 Å². The van der Waals surface area contributed by atoms with Crippen molar-refractivity contribution in [3.05, 3.63) is 31.2 Å². The summed E-state index contributed by atoms with van der Waals surface area (Å²) in [6, 6.07) is 0. The first-order valence-electron chi connectivity index (χ1n) is 3.32. The summed E-state index contributed by atoms with van der Waals surface area (Å²) in [5.74, 6) is -0.378. The Labute approximate surface area is 67.6 Å². The highest BCUT2D eigenvalue weighted by Crippen LogP contribution is 2.38. The number of alkyl halides is 4. The Morgan fingerprint density at radius 3 is 1.92 bits per heavy atom. The largest absolute Gasteiger partial charge is 0.429 e. The van der Waals surface area contributed by atoms with E-state index in [9.17, 15) is 17.6 Å². The fraction of sp³-hybridized carbons (Fsp3) is 0.375. The number of allylic oxidation sites excluding steroid dienone is 4. The molecule has 0 amide bonds. The molecule has 1 aliphatic rings. The van der Waals surface area contributed by atoms with Crippen LogP contribution in [0.3, 0.4) is 0 Å². The van der Waals surface area contributed by atoms with Gasteiger partial charge in [0.1, 0.15) is 0 Å². The summed E-state index contributed by atoms with van der Waals surface area (Å²) in [7, 11) is 0. The molecule has 0 heterocycles. The van der Waals surface area contributed by atoms with Crippen molar-refractivity contribution in [3.63, 3.8) is 0 Å². The topological polar surface area (TPSA) is 0 Å². The van der Waals surface area contributed by atoms with Gasteiger partial charge in [-0.3, -0.25) is 0 Å². The van der Waals surface area contributed by atoms with Crippen LogP contribution in [0.1, 0.15) is 0 Å². The molecule has 0 aromatic carbocycles. The third-order valence-electron chi connectivity index (χ3n) is 1.61. The average molecular weight is 179 g/mol. The maximum absolute atomic E-state index is 12.9. The van der Waals surface area contributed by atoms with Crippen molar-refractivity contribution >= 4 is 0 Å². The van der Waals surface area contributed by atoms with Crippen LogP contribution >= 0.6 is 0 Å². The fourth-order valence-corrected chi connectivity index (χ4v) is 0.836. The van der Waals surface area contributed by atoms with Crippen molar-refractivity contribution in [1.82, 2.24) is 0 Å². The molecule has 1 rings (SSSR count). The van der Waals surface area contributed by atoms with Gasteiger partial charge in [-0.15, -0.1) is 0 Å². The van der Waals surface area contributed by atoms with E-state index in [1.54, 1.807) is 0 Å². The smallest absolute Gasteiger partial charge is 0.225 e. The van der Waals surface area contributed by atoms with Gasteiger partial charge in [-0.25, -0.2) is 4.39 Å². The number of halogens is 4. The summed E-state index contributed by atoms with van der Waals surface area (Å²) >= 11 is 0. The molecule has 0 aromatic heterocycles. The van der Waals surface area contributed by atoms with Gasteiger partial charge >= 0.3 is 6.18 Å². The molecule has 0 bridgehead atoms. The first kappa shape index (κ1) is 9.29. The minimum Gasteiger partial charge on any atom is -0.225 e. The van der Waals surface area contributed by atoms with Gasteiger partial charge in [-0.1, -0.05) is 12.2 Å². The van der Waals surface area contributed by atoms with Crippen LogP contribution in [0.5, 0.6) is 0 Å². The second kappa shape index (κ2) is 2.61. The molecule has 1 aliphatic carbocycles. The van der Waals surface area contributed by atoms with Crippen LogP contribution in [0.15, 0.2) is 24.3 Å². The third kappa shape index (κ3) is 1.52. The van der Waals surface area contributed by atoms with E-state index in [-0.39, 0.29) is 5.92 Å². The van der Waals surface area contributed by atoms with Crippen molar-refractivity contribution in [2.45, 2.75) is 11.8 Å². The van der Waals surface area contributed by atoms with E-state index < -0.39 is 11.8 Å². The summed E-state index contributed by atoms with van der Waals surface area (Å²) in [4.78, 5) is 0. The molecule has 0 atom stereocenters. The molecule has 0 aromatic rings. The van der Waals surface area contributed by atoms with E-state index in [1.807, 2.05) is 0 Å². The Kier molecular flexibility index (Phi) is 2.02. The van der Waals surface area contributed by atoms with Gasteiger partial charge < -0.3 is 0 Å². The Hall–Kier alpha value is -0.800. The van der Waals surface area contributed by atoms with E-state index in [0.717, 1.165) is 12.2 Å². The van der Waals surface area contributed by atoms with Crippen LogP contribution in [0.25, 0.3) is 0 Å². The normalized spacial score (nSPS) is 35.6. The molecule has 0 unspecified atom stereocenters. The Balaban J connectivity index is 2.89. The molecule has 12 heavy (non-hydrogen) atoms. The molecule has 0 fully saturated rings. The quantitative estimate of drug-likeness (QED) is 0.396. The molecule has 1 radical (unpaired) electrons. The summed E-state index contributed by atoms with van der Waals surface area (Å²) in [6.45, 7) is 3.44. The summed E-state index contributed by atoms with van der Waals surface area (Å²) in [5.41, 5.74) is -3.30. The van der Waals surface area contributed by atoms with Gasteiger partial charge in [0.2, 0.25) is 5.67 Å².